The fourth-order valence-electron chi connectivity index (χ4n) is 2.16. The average molecular weight is 332 g/mol. The first kappa shape index (κ1) is 13.0. The summed E-state index contributed by atoms with van der Waals surface area (Å²) in [5.41, 5.74) is 7.38. The Hall–Kier alpha value is -2.01. The molecule has 0 radical (unpaired) electrons. The quantitative estimate of drug-likeness (QED) is 0.730. The van der Waals surface area contributed by atoms with Gasteiger partial charge in [-0.15, -0.1) is 0 Å². The Balaban J connectivity index is 2.33. The number of nitrogens with zero attached hydrogens (tertiary/aromatic N) is 2. The lowest BCUT2D eigenvalue weighted by atomic mass is 10.0. The molecule has 3 aromatic rings. The van der Waals surface area contributed by atoms with Crippen LogP contribution in [0.1, 0.15) is 5.69 Å². The van der Waals surface area contributed by atoms with Gasteiger partial charge in [0.15, 0.2) is 5.82 Å². The molecule has 0 unspecified atom stereocenters. The number of rotatable bonds is 1. The number of nitrogen functional groups attached to an aromatic ring is 1. The Morgan fingerprint density at radius 1 is 1.05 bits per heavy atom. The second-order valence-corrected chi connectivity index (χ2v) is 5.27. The molecular weight excluding hydrogens is 321 g/mol. The van der Waals surface area contributed by atoms with E-state index in [9.17, 15) is 4.39 Å². The van der Waals surface area contributed by atoms with Crippen LogP contribution < -0.4 is 5.73 Å². The van der Waals surface area contributed by atoms with Gasteiger partial charge in [0.05, 0.1) is 10.2 Å². The third kappa shape index (κ3) is 2.04. The maximum Gasteiger partial charge on any atom is 0.162 e. The Labute approximate surface area is 123 Å². The third-order valence-corrected chi connectivity index (χ3v) is 4.13. The first-order chi connectivity index (χ1) is 9.58. The molecule has 2 N–H and O–H groups in total. The van der Waals surface area contributed by atoms with E-state index < -0.39 is 0 Å². The molecule has 0 saturated carbocycles. The van der Waals surface area contributed by atoms with Gasteiger partial charge < -0.3 is 5.73 Å². The summed E-state index contributed by atoms with van der Waals surface area (Å²) in [7, 11) is 0. The van der Waals surface area contributed by atoms with Gasteiger partial charge in [-0.3, -0.25) is 0 Å². The van der Waals surface area contributed by atoms with Crippen molar-refractivity contribution in [2.24, 2.45) is 0 Å². The SMILES string of the molecule is Cc1nc(-c2ccc(F)c3ccccc23)nc(N)c1Br. The number of anilines is 1. The number of benzene rings is 2. The molecule has 1 aromatic heterocycles. The number of halogens is 2. The topological polar surface area (TPSA) is 51.8 Å². The normalized spacial score (nSPS) is 10.9. The van der Waals surface area contributed by atoms with E-state index in [1.54, 1.807) is 18.2 Å². The maximum absolute atomic E-state index is 13.8. The zero-order valence-electron chi connectivity index (χ0n) is 10.7. The maximum atomic E-state index is 13.8. The van der Waals surface area contributed by atoms with Gasteiger partial charge in [0, 0.05) is 10.9 Å². The standard InChI is InChI=1S/C15H11BrFN3/c1-8-13(16)14(18)20-15(19-8)11-6-7-12(17)10-5-3-2-4-9(10)11/h2-7H,1H3,(H2,18,19,20). The monoisotopic (exact) mass is 331 g/mol. The van der Waals surface area contributed by atoms with Crippen molar-refractivity contribution in [3.05, 3.63) is 52.4 Å². The van der Waals surface area contributed by atoms with Crippen LogP contribution in [0.2, 0.25) is 0 Å². The van der Waals surface area contributed by atoms with Crippen LogP contribution in [0.4, 0.5) is 10.2 Å². The van der Waals surface area contributed by atoms with E-state index in [2.05, 4.69) is 25.9 Å². The van der Waals surface area contributed by atoms with Gasteiger partial charge in [-0.2, -0.15) is 0 Å². The molecule has 0 fully saturated rings. The zero-order valence-corrected chi connectivity index (χ0v) is 12.3. The third-order valence-electron chi connectivity index (χ3n) is 3.15. The van der Waals surface area contributed by atoms with Crippen LogP contribution in [0.15, 0.2) is 40.9 Å². The molecule has 0 aliphatic rings. The number of hydrogen-bond acceptors (Lipinski definition) is 3. The van der Waals surface area contributed by atoms with Gasteiger partial charge in [-0.25, -0.2) is 14.4 Å². The van der Waals surface area contributed by atoms with Crippen molar-refractivity contribution < 1.29 is 4.39 Å². The Morgan fingerprint density at radius 2 is 1.75 bits per heavy atom. The van der Waals surface area contributed by atoms with Gasteiger partial charge in [0.2, 0.25) is 0 Å². The van der Waals surface area contributed by atoms with Gasteiger partial charge in [0.1, 0.15) is 11.6 Å². The van der Waals surface area contributed by atoms with E-state index in [0.29, 0.717) is 21.5 Å². The molecule has 0 saturated heterocycles. The summed E-state index contributed by atoms with van der Waals surface area (Å²) in [5.74, 6) is 0.617. The fraction of sp³-hybridized carbons (Fsp3) is 0.0667. The summed E-state index contributed by atoms with van der Waals surface area (Å²) in [6, 6.07) is 10.4. The molecular formula is C15H11BrFN3. The van der Waals surface area contributed by atoms with Gasteiger partial charge in [-0.1, -0.05) is 24.3 Å². The van der Waals surface area contributed by atoms with Crippen molar-refractivity contribution in [1.82, 2.24) is 9.97 Å². The highest BCUT2D eigenvalue weighted by Crippen LogP contribution is 2.30. The second kappa shape index (κ2) is 4.83. The van der Waals surface area contributed by atoms with Crippen LogP contribution in [0.3, 0.4) is 0 Å². The van der Waals surface area contributed by atoms with Crippen LogP contribution in [0.5, 0.6) is 0 Å². The minimum atomic E-state index is -0.258. The van der Waals surface area contributed by atoms with Crippen LogP contribution >= 0.6 is 15.9 Å². The summed E-state index contributed by atoms with van der Waals surface area (Å²) in [6.07, 6.45) is 0. The number of fused-ring (bicyclic) bond motifs is 1. The van der Waals surface area contributed by atoms with Gasteiger partial charge >= 0.3 is 0 Å². The Bertz CT molecular complexity index is 794. The minimum Gasteiger partial charge on any atom is -0.383 e. The number of aromatic nitrogens is 2. The minimum absolute atomic E-state index is 0.258. The van der Waals surface area contributed by atoms with E-state index in [0.717, 1.165) is 16.6 Å². The summed E-state index contributed by atoms with van der Waals surface area (Å²) in [4.78, 5) is 8.70. The molecule has 0 amide bonds. The van der Waals surface area contributed by atoms with E-state index in [1.807, 2.05) is 19.1 Å². The molecule has 2 aromatic carbocycles. The Morgan fingerprint density at radius 3 is 2.45 bits per heavy atom. The van der Waals surface area contributed by atoms with Crippen molar-refractivity contribution in [2.45, 2.75) is 6.92 Å². The molecule has 3 nitrogen and oxygen atoms in total. The van der Waals surface area contributed by atoms with Crippen molar-refractivity contribution >= 4 is 32.5 Å². The van der Waals surface area contributed by atoms with E-state index in [-0.39, 0.29) is 5.82 Å². The van der Waals surface area contributed by atoms with Gasteiger partial charge in [0.25, 0.3) is 0 Å². The van der Waals surface area contributed by atoms with Crippen molar-refractivity contribution in [1.29, 1.82) is 0 Å². The molecule has 3 rings (SSSR count). The van der Waals surface area contributed by atoms with Crippen molar-refractivity contribution in [2.75, 3.05) is 5.73 Å². The van der Waals surface area contributed by atoms with Crippen LogP contribution in [-0.2, 0) is 0 Å². The summed E-state index contributed by atoms with van der Waals surface area (Å²) < 4.78 is 14.5. The van der Waals surface area contributed by atoms with Crippen LogP contribution in [0, 0.1) is 12.7 Å². The summed E-state index contributed by atoms with van der Waals surface area (Å²) in [5, 5.41) is 1.32. The molecule has 0 spiro atoms. The highest BCUT2D eigenvalue weighted by Gasteiger charge is 2.12. The fourth-order valence-corrected chi connectivity index (χ4v) is 2.34. The first-order valence-electron chi connectivity index (χ1n) is 6.05. The molecule has 0 atom stereocenters. The van der Waals surface area contributed by atoms with E-state index in [1.165, 1.54) is 6.07 Å². The molecule has 20 heavy (non-hydrogen) atoms. The van der Waals surface area contributed by atoms with Crippen molar-refractivity contribution in [3.8, 4) is 11.4 Å². The van der Waals surface area contributed by atoms with E-state index in [4.69, 9.17) is 5.73 Å². The van der Waals surface area contributed by atoms with Crippen LogP contribution in [0.25, 0.3) is 22.2 Å². The van der Waals surface area contributed by atoms with E-state index >= 15 is 0 Å². The predicted octanol–water partition coefficient (Wildman–Crippen LogP) is 4.09. The van der Waals surface area contributed by atoms with Crippen molar-refractivity contribution in [3.63, 3.8) is 0 Å². The molecule has 100 valence electrons. The first-order valence-corrected chi connectivity index (χ1v) is 6.84. The number of aryl methyl sites for hydroxylation is 1. The highest BCUT2D eigenvalue weighted by atomic mass is 79.9. The summed E-state index contributed by atoms with van der Waals surface area (Å²) >= 11 is 3.34. The lowest BCUT2D eigenvalue weighted by Crippen LogP contribution is -2.00. The Kier molecular flexibility index (Phi) is 3.14. The average Bonchev–Trinajstić information content (AvgIpc) is 2.45. The molecule has 5 heteroatoms. The molecule has 0 aliphatic carbocycles. The summed E-state index contributed by atoms with van der Waals surface area (Å²) in [6.45, 7) is 1.84. The predicted molar refractivity (Wildman–Crippen MR) is 81.8 cm³/mol. The second-order valence-electron chi connectivity index (χ2n) is 4.47. The lowest BCUT2D eigenvalue weighted by molar-refractivity contribution is 0.640. The molecule has 0 bridgehead atoms. The largest absolute Gasteiger partial charge is 0.383 e. The zero-order chi connectivity index (χ0) is 14.3. The molecule has 0 aliphatic heterocycles. The van der Waals surface area contributed by atoms with Crippen LogP contribution in [-0.4, -0.2) is 9.97 Å². The number of nitrogens with two attached hydrogens (primary N) is 1. The number of hydrogen-bond donors (Lipinski definition) is 1. The highest BCUT2D eigenvalue weighted by molar-refractivity contribution is 9.10. The smallest absolute Gasteiger partial charge is 0.162 e. The molecule has 1 heterocycles. The lowest BCUT2D eigenvalue weighted by Gasteiger charge is -2.09. The van der Waals surface area contributed by atoms with Gasteiger partial charge in [-0.05, 0) is 40.4 Å².